The molecule has 0 saturated heterocycles. The van der Waals surface area contributed by atoms with Gasteiger partial charge in [0, 0.05) is 5.22 Å². The van der Waals surface area contributed by atoms with Crippen molar-refractivity contribution < 1.29 is 9.90 Å². The number of carboxylic acids is 1. The van der Waals surface area contributed by atoms with E-state index >= 15 is 0 Å². The number of fused-ring (bicyclic) bond motifs is 1. The molecule has 0 bridgehead atoms. The van der Waals surface area contributed by atoms with Crippen LogP contribution in [0.4, 0.5) is 0 Å². The van der Waals surface area contributed by atoms with E-state index in [0.717, 1.165) is 16.1 Å². The van der Waals surface area contributed by atoms with Gasteiger partial charge in [0.2, 0.25) is 0 Å². The maximum atomic E-state index is 11.7. The zero-order valence-electron chi connectivity index (χ0n) is 11.3. The van der Waals surface area contributed by atoms with Gasteiger partial charge in [0.1, 0.15) is 0 Å². The molecule has 1 aliphatic heterocycles. The van der Waals surface area contributed by atoms with E-state index in [-0.39, 0.29) is 0 Å². The number of benzene rings is 1. The molecule has 1 aromatic carbocycles. The fourth-order valence-corrected chi connectivity index (χ4v) is 2.88. The molecule has 1 aliphatic rings. The third-order valence-electron chi connectivity index (χ3n) is 3.92. The molecule has 2 rings (SSSR count). The maximum Gasteiger partial charge on any atom is 0.313 e. The second-order valence-corrected chi connectivity index (χ2v) is 5.55. The molecule has 96 valence electrons. The Labute approximate surface area is 107 Å². The molecule has 3 nitrogen and oxygen atoms in total. The van der Waals surface area contributed by atoms with E-state index in [4.69, 9.17) is 0 Å². The van der Waals surface area contributed by atoms with Gasteiger partial charge in [-0.05, 0) is 38.8 Å². The normalized spacial score (nSPS) is 19.9. The van der Waals surface area contributed by atoms with Crippen molar-refractivity contribution in [3.8, 4) is 0 Å². The maximum absolute atomic E-state index is 11.7. The van der Waals surface area contributed by atoms with Crippen molar-refractivity contribution >= 4 is 11.5 Å². The van der Waals surface area contributed by atoms with E-state index in [1.54, 1.807) is 6.92 Å². The minimum Gasteiger partial charge on any atom is -0.481 e. The molecule has 0 amide bonds. The number of nitrogens with zero attached hydrogens (tertiary/aromatic N) is 1. The van der Waals surface area contributed by atoms with Crippen molar-refractivity contribution in [3.63, 3.8) is 0 Å². The number of aliphatic carboxylic acids is 1. The molecular weight excluding hydrogens is 226 g/mol. The van der Waals surface area contributed by atoms with Crippen molar-refractivity contribution in [1.82, 2.24) is 0 Å². The lowest BCUT2D eigenvalue weighted by Crippen LogP contribution is -2.39. The molecule has 1 heterocycles. The molecule has 1 aromatic rings. The van der Waals surface area contributed by atoms with Gasteiger partial charge in [-0.1, -0.05) is 25.1 Å². The molecule has 0 aromatic heterocycles. The molecule has 0 saturated carbocycles. The summed E-state index contributed by atoms with van der Waals surface area (Å²) in [6.07, 6.45) is 0.560. The zero-order chi connectivity index (χ0) is 13.6. The highest BCUT2D eigenvalue weighted by Crippen LogP contribution is 2.41. The van der Waals surface area contributed by atoms with Crippen LogP contribution >= 0.6 is 0 Å². The summed E-state index contributed by atoms with van der Waals surface area (Å²) < 4.78 is 0. The van der Waals surface area contributed by atoms with Gasteiger partial charge in [0.05, 0.1) is 16.3 Å². The molecule has 18 heavy (non-hydrogen) atoms. The largest absolute Gasteiger partial charge is 0.481 e. The second kappa shape index (κ2) is 3.94. The zero-order valence-corrected chi connectivity index (χ0v) is 11.3. The molecular formula is C15H19NO2. The third-order valence-corrected chi connectivity index (χ3v) is 3.92. The van der Waals surface area contributed by atoms with Crippen molar-refractivity contribution in [2.45, 2.75) is 39.7 Å². The predicted molar refractivity (Wildman–Crippen MR) is 70.7 cm³/mol. The average molecular weight is 245 g/mol. The van der Waals surface area contributed by atoms with E-state index in [9.17, 15) is 9.90 Å². The highest BCUT2D eigenvalue weighted by Gasteiger charge is 2.44. The highest BCUT2D eigenvalue weighted by molar-refractivity contribution is 5.89. The van der Waals surface area contributed by atoms with Gasteiger partial charge in [0.15, 0.2) is 0 Å². The number of carbonyl (C=O) groups is 1. The summed E-state index contributed by atoms with van der Waals surface area (Å²) in [5.74, 6) is -0.778. The summed E-state index contributed by atoms with van der Waals surface area (Å²) in [6, 6.07) is 7.79. The summed E-state index contributed by atoms with van der Waals surface area (Å²) in [4.78, 5) is 16.3. The van der Waals surface area contributed by atoms with Crippen LogP contribution in [0.5, 0.6) is 0 Å². The SMILES string of the molecule is CCC(C)(C(=O)O)C1=c2ccccc2=NC1(C)C. The molecule has 0 radical (unpaired) electrons. The Morgan fingerprint density at radius 1 is 1.39 bits per heavy atom. The Balaban J connectivity index is 2.85. The Morgan fingerprint density at radius 2 is 2.00 bits per heavy atom. The lowest BCUT2D eigenvalue weighted by Gasteiger charge is -2.33. The summed E-state index contributed by atoms with van der Waals surface area (Å²) >= 11 is 0. The van der Waals surface area contributed by atoms with Gasteiger partial charge in [-0.2, -0.15) is 0 Å². The predicted octanol–water partition coefficient (Wildman–Crippen LogP) is 1.75. The van der Waals surface area contributed by atoms with E-state index in [2.05, 4.69) is 4.99 Å². The van der Waals surface area contributed by atoms with Gasteiger partial charge in [-0.15, -0.1) is 0 Å². The van der Waals surface area contributed by atoms with Gasteiger partial charge in [-0.3, -0.25) is 9.79 Å². The van der Waals surface area contributed by atoms with Crippen LogP contribution in [0.15, 0.2) is 29.3 Å². The number of rotatable bonds is 3. The fourth-order valence-electron chi connectivity index (χ4n) is 2.88. The van der Waals surface area contributed by atoms with Gasteiger partial charge in [-0.25, -0.2) is 0 Å². The minimum atomic E-state index is -0.862. The summed E-state index contributed by atoms with van der Waals surface area (Å²) in [6.45, 7) is 7.68. The summed E-state index contributed by atoms with van der Waals surface area (Å²) in [5.41, 5.74) is -0.396. The molecule has 1 atom stereocenters. The molecule has 1 N–H and O–H groups in total. The van der Waals surface area contributed by atoms with Crippen LogP contribution in [0.25, 0.3) is 5.57 Å². The van der Waals surface area contributed by atoms with Crippen LogP contribution in [-0.2, 0) is 4.79 Å². The fraction of sp³-hybridized carbons (Fsp3) is 0.467. The molecule has 1 unspecified atom stereocenters. The lowest BCUT2D eigenvalue weighted by atomic mass is 9.71. The highest BCUT2D eigenvalue weighted by atomic mass is 16.4. The first-order valence-electron chi connectivity index (χ1n) is 6.26. The Bertz CT molecular complexity index is 616. The van der Waals surface area contributed by atoms with Crippen molar-refractivity contribution in [2.75, 3.05) is 0 Å². The van der Waals surface area contributed by atoms with Gasteiger partial charge < -0.3 is 5.11 Å². The third kappa shape index (κ3) is 1.65. The topological polar surface area (TPSA) is 49.7 Å². The average Bonchev–Trinajstić information content (AvgIpc) is 2.58. The van der Waals surface area contributed by atoms with Crippen LogP contribution in [0.2, 0.25) is 0 Å². The first kappa shape index (κ1) is 12.8. The van der Waals surface area contributed by atoms with Crippen molar-refractivity contribution in [2.24, 2.45) is 10.4 Å². The second-order valence-electron chi connectivity index (χ2n) is 5.55. The van der Waals surface area contributed by atoms with E-state index < -0.39 is 16.9 Å². The smallest absolute Gasteiger partial charge is 0.313 e. The van der Waals surface area contributed by atoms with Gasteiger partial charge in [0.25, 0.3) is 0 Å². The number of carboxylic acid groups (broad SMARTS) is 1. The molecule has 0 spiro atoms. The van der Waals surface area contributed by atoms with Crippen LogP contribution in [0, 0.1) is 5.41 Å². The molecule has 0 fully saturated rings. The summed E-state index contributed by atoms with van der Waals surface area (Å²) in [5, 5.41) is 11.5. The van der Waals surface area contributed by atoms with E-state index in [1.165, 1.54) is 0 Å². The van der Waals surface area contributed by atoms with E-state index in [1.807, 2.05) is 45.0 Å². The summed E-state index contributed by atoms with van der Waals surface area (Å²) in [7, 11) is 0. The number of para-hydroxylation sites is 1. The quantitative estimate of drug-likeness (QED) is 0.882. The van der Waals surface area contributed by atoms with Crippen molar-refractivity contribution in [1.29, 1.82) is 0 Å². The number of hydrogen-bond acceptors (Lipinski definition) is 2. The molecule has 3 heteroatoms. The Hall–Kier alpha value is -1.64. The van der Waals surface area contributed by atoms with Crippen LogP contribution in [0.3, 0.4) is 0 Å². The van der Waals surface area contributed by atoms with Crippen LogP contribution in [-0.4, -0.2) is 16.6 Å². The van der Waals surface area contributed by atoms with Crippen LogP contribution in [0.1, 0.15) is 34.1 Å². The van der Waals surface area contributed by atoms with Crippen molar-refractivity contribution in [3.05, 3.63) is 34.8 Å². The van der Waals surface area contributed by atoms with Gasteiger partial charge >= 0.3 is 5.97 Å². The molecule has 0 aliphatic carbocycles. The number of hydrogen-bond donors (Lipinski definition) is 1. The monoisotopic (exact) mass is 245 g/mol. The Kier molecular flexibility index (Phi) is 2.80. The van der Waals surface area contributed by atoms with E-state index in [0.29, 0.717) is 6.42 Å². The Morgan fingerprint density at radius 3 is 2.56 bits per heavy atom. The lowest BCUT2D eigenvalue weighted by molar-refractivity contribution is -0.145. The minimum absolute atomic E-state index is 0.452. The van der Waals surface area contributed by atoms with Crippen LogP contribution < -0.4 is 10.6 Å². The standard InChI is InChI=1S/C15H19NO2/c1-5-15(4,13(17)18)12-10-8-6-7-9-11(10)16-14(12,2)3/h6-9H,5H2,1-4H3,(H,17,18). The first-order valence-corrected chi connectivity index (χ1v) is 6.26. The first-order chi connectivity index (χ1) is 8.33.